The minimum absolute atomic E-state index is 0.0668. The number of nitrogens with two attached hydrogens (primary N) is 1. The molecule has 0 saturated heterocycles. The van der Waals surface area contributed by atoms with Crippen LogP contribution in [0.4, 0.5) is 10.1 Å². The second-order valence-electron chi connectivity index (χ2n) is 7.83. The van der Waals surface area contributed by atoms with E-state index in [0.717, 1.165) is 5.56 Å². The first kappa shape index (κ1) is 22.9. The molecule has 1 atom stereocenters. The third-order valence-electron chi connectivity index (χ3n) is 5.14. The lowest BCUT2D eigenvalue weighted by Crippen LogP contribution is -2.41. The summed E-state index contributed by atoms with van der Waals surface area (Å²) in [4.78, 5) is 29.0. The van der Waals surface area contributed by atoms with Gasteiger partial charge in [-0.1, -0.05) is 12.1 Å². The van der Waals surface area contributed by atoms with Crippen LogP contribution in [0.2, 0.25) is 0 Å². The molecule has 0 aliphatic carbocycles. The predicted octanol–water partition coefficient (Wildman–Crippen LogP) is 1.71. The molecule has 0 aromatic heterocycles. The molecule has 2 amide bonds. The molecule has 0 radical (unpaired) electrons. The van der Waals surface area contributed by atoms with E-state index in [1.165, 1.54) is 29.3 Å². The molecule has 1 aliphatic rings. The van der Waals surface area contributed by atoms with Crippen molar-refractivity contribution in [3.8, 4) is 6.07 Å². The molecule has 32 heavy (non-hydrogen) atoms. The molecule has 0 spiro atoms. The van der Waals surface area contributed by atoms with Gasteiger partial charge >= 0.3 is 0 Å². The number of carbonyl (C=O) groups is 2. The van der Waals surface area contributed by atoms with Gasteiger partial charge in [0.05, 0.1) is 17.3 Å². The number of benzene rings is 2. The second kappa shape index (κ2) is 10.0. The zero-order chi connectivity index (χ0) is 23.3. The number of nitriles is 1. The topological polar surface area (TPSA) is 106 Å². The summed E-state index contributed by atoms with van der Waals surface area (Å²) in [6.07, 6.45) is 0.0668. The number of amides is 2. The van der Waals surface area contributed by atoms with Crippen molar-refractivity contribution in [1.82, 2.24) is 9.80 Å². The monoisotopic (exact) mass is 436 g/mol. The lowest BCUT2D eigenvalue weighted by molar-refractivity contribution is -0.124. The van der Waals surface area contributed by atoms with Gasteiger partial charge in [-0.2, -0.15) is 10.4 Å². The van der Waals surface area contributed by atoms with Gasteiger partial charge < -0.3 is 15.5 Å². The number of anilines is 1. The summed E-state index contributed by atoms with van der Waals surface area (Å²) in [5.74, 6) is -1.33. The van der Waals surface area contributed by atoms with Crippen molar-refractivity contribution in [2.24, 2.45) is 10.8 Å². The number of likely N-dealkylation sites (N-methyl/N-ethyl adjacent to an activating group) is 1. The smallest absolute Gasteiger partial charge is 0.270 e. The van der Waals surface area contributed by atoms with E-state index in [1.807, 2.05) is 31.1 Å². The average molecular weight is 436 g/mol. The molecule has 8 nitrogen and oxygen atoms in total. The van der Waals surface area contributed by atoms with Crippen molar-refractivity contribution in [3.05, 3.63) is 65.5 Å². The van der Waals surface area contributed by atoms with Gasteiger partial charge in [-0.25, -0.2) is 4.39 Å². The predicted molar refractivity (Wildman–Crippen MR) is 119 cm³/mol. The molecule has 1 heterocycles. The van der Waals surface area contributed by atoms with Crippen LogP contribution < -0.4 is 10.7 Å². The molecule has 1 unspecified atom stereocenters. The van der Waals surface area contributed by atoms with Crippen LogP contribution in [0.3, 0.4) is 0 Å². The Kier molecular flexibility index (Phi) is 7.18. The van der Waals surface area contributed by atoms with Crippen molar-refractivity contribution >= 4 is 23.2 Å². The van der Waals surface area contributed by atoms with Gasteiger partial charge in [0, 0.05) is 26.1 Å². The fourth-order valence-electron chi connectivity index (χ4n) is 3.35. The summed E-state index contributed by atoms with van der Waals surface area (Å²) in [5, 5.41) is 14.8. The van der Waals surface area contributed by atoms with Crippen LogP contribution >= 0.6 is 0 Å². The number of hydrogen-bond acceptors (Lipinski definition) is 6. The number of halogens is 1. The first-order valence-corrected chi connectivity index (χ1v) is 10.1. The summed E-state index contributed by atoms with van der Waals surface area (Å²) >= 11 is 0. The Balaban J connectivity index is 1.86. The maximum atomic E-state index is 13.4. The van der Waals surface area contributed by atoms with Gasteiger partial charge in [0.25, 0.3) is 5.91 Å². The van der Waals surface area contributed by atoms with E-state index < -0.39 is 17.8 Å². The van der Waals surface area contributed by atoms with Crippen LogP contribution in [0.5, 0.6) is 0 Å². The number of hydrazone groups is 1. The maximum absolute atomic E-state index is 13.4. The third kappa shape index (κ3) is 5.47. The highest BCUT2D eigenvalue weighted by molar-refractivity contribution is 6.40. The van der Waals surface area contributed by atoms with Crippen LogP contribution in [0.25, 0.3) is 0 Å². The van der Waals surface area contributed by atoms with Gasteiger partial charge in [0.1, 0.15) is 17.6 Å². The average Bonchev–Trinajstić information content (AvgIpc) is 3.23. The minimum atomic E-state index is -0.829. The first-order chi connectivity index (χ1) is 15.3. The van der Waals surface area contributed by atoms with Gasteiger partial charge in [0.2, 0.25) is 5.91 Å². The molecule has 166 valence electrons. The van der Waals surface area contributed by atoms with E-state index in [-0.39, 0.29) is 18.0 Å². The van der Waals surface area contributed by atoms with Gasteiger partial charge in [0.15, 0.2) is 0 Å². The molecular formula is C23H25FN6O2. The van der Waals surface area contributed by atoms with Crippen LogP contribution in [-0.2, 0) is 16.1 Å². The highest BCUT2D eigenvalue weighted by atomic mass is 19.1. The molecule has 1 aliphatic heterocycles. The Morgan fingerprint density at radius 2 is 1.81 bits per heavy atom. The Hall–Kier alpha value is -3.77. The fourth-order valence-corrected chi connectivity index (χ4v) is 3.35. The number of carbonyl (C=O) groups excluding carboxylic acids is 2. The highest BCUT2D eigenvalue weighted by Crippen LogP contribution is 2.25. The Morgan fingerprint density at radius 3 is 2.38 bits per heavy atom. The Bertz CT molecular complexity index is 1040. The standard InChI is InChI=1S/C23H25FN6O2/c1-28(2)11-12-29(15-17-5-3-16(14-25)4-6-17)23(32)20-13-21(22(26)31)30(27-20)19-9-7-18(24)8-10-19/h3-10,21H,11-13,15H2,1-2H3,(H2,26,31). The van der Waals surface area contributed by atoms with Crippen molar-refractivity contribution in [3.63, 3.8) is 0 Å². The number of rotatable bonds is 8. The summed E-state index contributed by atoms with van der Waals surface area (Å²) in [7, 11) is 3.83. The normalized spacial score (nSPS) is 15.4. The maximum Gasteiger partial charge on any atom is 0.270 e. The number of primary amides is 1. The summed E-state index contributed by atoms with van der Waals surface area (Å²) in [6.45, 7) is 1.41. The molecule has 2 N–H and O–H groups in total. The highest BCUT2D eigenvalue weighted by Gasteiger charge is 2.36. The van der Waals surface area contributed by atoms with E-state index >= 15 is 0 Å². The zero-order valence-corrected chi connectivity index (χ0v) is 18.0. The van der Waals surface area contributed by atoms with E-state index in [4.69, 9.17) is 11.0 Å². The van der Waals surface area contributed by atoms with Gasteiger partial charge in [-0.05, 0) is 56.1 Å². The zero-order valence-electron chi connectivity index (χ0n) is 18.0. The van der Waals surface area contributed by atoms with Crippen molar-refractivity contribution in [1.29, 1.82) is 5.26 Å². The van der Waals surface area contributed by atoms with Crippen LogP contribution in [-0.4, -0.2) is 60.6 Å². The van der Waals surface area contributed by atoms with Crippen LogP contribution in [0.1, 0.15) is 17.5 Å². The van der Waals surface area contributed by atoms with Crippen molar-refractivity contribution in [2.75, 3.05) is 32.2 Å². The molecule has 3 rings (SSSR count). The number of nitrogens with zero attached hydrogens (tertiary/aromatic N) is 5. The van der Waals surface area contributed by atoms with Gasteiger partial charge in [-0.15, -0.1) is 0 Å². The summed E-state index contributed by atoms with van der Waals surface area (Å²) < 4.78 is 13.3. The van der Waals surface area contributed by atoms with E-state index in [1.54, 1.807) is 17.0 Å². The summed E-state index contributed by atoms with van der Waals surface area (Å²) in [6, 6.07) is 13.8. The van der Waals surface area contributed by atoms with E-state index in [0.29, 0.717) is 30.9 Å². The molecule has 2 aromatic rings. The molecule has 9 heteroatoms. The summed E-state index contributed by atoms with van der Waals surface area (Å²) in [5.41, 5.74) is 7.66. The number of hydrogen-bond donors (Lipinski definition) is 1. The molecule has 0 bridgehead atoms. The molecule has 0 fully saturated rings. The van der Waals surface area contributed by atoms with Crippen molar-refractivity contribution < 1.29 is 14.0 Å². The largest absolute Gasteiger partial charge is 0.368 e. The van der Waals surface area contributed by atoms with E-state index in [2.05, 4.69) is 11.2 Å². The SMILES string of the molecule is CN(C)CCN(Cc1ccc(C#N)cc1)C(=O)C1=NN(c2ccc(F)cc2)C(C(N)=O)C1. The minimum Gasteiger partial charge on any atom is -0.368 e. The molecule has 2 aromatic carbocycles. The Morgan fingerprint density at radius 1 is 1.16 bits per heavy atom. The third-order valence-corrected chi connectivity index (χ3v) is 5.14. The first-order valence-electron chi connectivity index (χ1n) is 10.1. The Labute approximate surface area is 186 Å². The van der Waals surface area contributed by atoms with Crippen LogP contribution in [0, 0.1) is 17.1 Å². The second-order valence-corrected chi connectivity index (χ2v) is 7.83. The quantitative estimate of drug-likeness (QED) is 0.678. The lowest BCUT2D eigenvalue weighted by atomic mass is 10.1. The van der Waals surface area contributed by atoms with Crippen molar-refractivity contribution in [2.45, 2.75) is 19.0 Å². The fraction of sp³-hybridized carbons (Fsp3) is 0.304. The molecular weight excluding hydrogens is 411 g/mol. The van der Waals surface area contributed by atoms with Crippen LogP contribution in [0.15, 0.2) is 53.6 Å². The molecule has 0 saturated carbocycles. The van der Waals surface area contributed by atoms with E-state index in [9.17, 15) is 14.0 Å². The van der Waals surface area contributed by atoms with Gasteiger partial charge in [-0.3, -0.25) is 14.6 Å². The lowest BCUT2D eigenvalue weighted by Gasteiger charge is -2.24.